The van der Waals surface area contributed by atoms with Crippen LogP contribution in [0, 0.1) is 0 Å². The zero-order chi connectivity index (χ0) is 18.1. The zero-order valence-electron chi connectivity index (χ0n) is 13.6. The van der Waals surface area contributed by atoms with Gasteiger partial charge in [0.05, 0.1) is 21.7 Å². The van der Waals surface area contributed by atoms with E-state index in [0.717, 1.165) is 10.0 Å². The van der Waals surface area contributed by atoms with E-state index in [1.54, 1.807) is 6.07 Å². The number of benzene rings is 2. The summed E-state index contributed by atoms with van der Waals surface area (Å²) in [5.74, 6) is 1.01. The molecule has 2 aromatic carbocycles. The van der Waals surface area contributed by atoms with Crippen LogP contribution in [0.25, 0.3) is 22.4 Å². The van der Waals surface area contributed by atoms with E-state index in [4.69, 9.17) is 4.42 Å². The molecule has 4 rings (SSSR count). The minimum atomic E-state index is -0.155. The van der Waals surface area contributed by atoms with Crippen LogP contribution in [0.4, 0.5) is 0 Å². The topological polar surface area (TPSA) is 84.7 Å². The van der Waals surface area contributed by atoms with Gasteiger partial charge in [-0.25, -0.2) is 4.98 Å². The van der Waals surface area contributed by atoms with E-state index >= 15 is 0 Å². The van der Waals surface area contributed by atoms with Crippen molar-refractivity contribution in [2.45, 2.75) is 17.4 Å². The van der Waals surface area contributed by atoms with Crippen molar-refractivity contribution in [3.63, 3.8) is 0 Å². The number of rotatable bonds is 4. The molecule has 0 saturated carbocycles. The van der Waals surface area contributed by atoms with E-state index in [1.807, 2.05) is 49.4 Å². The van der Waals surface area contributed by atoms with Gasteiger partial charge >= 0.3 is 0 Å². The van der Waals surface area contributed by atoms with E-state index in [0.29, 0.717) is 27.8 Å². The van der Waals surface area contributed by atoms with Crippen molar-refractivity contribution in [3.05, 3.63) is 69.2 Å². The molecule has 1 atom stereocenters. The first-order valence-electron chi connectivity index (χ1n) is 7.86. The minimum absolute atomic E-state index is 0.153. The lowest BCUT2D eigenvalue weighted by Crippen LogP contribution is -2.12. The number of aromatic nitrogens is 4. The van der Waals surface area contributed by atoms with Gasteiger partial charge in [0.1, 0.15) is 5.82 Å². The molecule has 6 nitrogen and oxygen atoms in total. The zero-order valence-corrected chi connectivity index (χ0v) is 16.0. The number of thioether (sulfide) groups is 1. The summed E-state index contributed by atoms with van der Waals surface area (Å²) in [5.41, 5.74) is 1.34. The summed E-state index contributed by atoms with van der Waals surface area (Å²) in [6.07, 6.45) is 0. The molecule has 0 spiro atoms. The second-order valence-corrected chi connectivity index (χ2v) is 7.73. The van der Waals surface area contributed by atoms with Crippen LogP contribution < -0.4 is 5.56 Å². The van der Waals surface area contributed by atoms with Crippen molar-refractivity contribution in [2.24, 2.45) is 0 Å². The number of nitrogens with one attached hydrogen (secondary N) is 1. The first kappa shape index (κ1) is 17.0. The highest BCUT2D eigenvalue weighted by atomic mass is 79.9. The van der Waals surface area contributed by atoms with Crippen molar-refractivity contribution in [1.82, 2.24) is 20.2 Å². The van der Waals surface area contributed by atoms with E-state index < -0.39 is 0 Å². The molecule has 1 N–H and O–H groups in total. The predicted molar refractivity (Wildman–Crippen MR) is 104 cm³/mol. The van der Waals surface area contributed by atoms with Crippen LogP contribution in [0.1, 0.15) is 18.0 Å². The Kier molecular flexibility index (Phi) is 4.60. The number of H-pyrrole nitrogens is 1. The Labute approximate surface area is 161 Å². The fourth-order valence-corrected chi connectivity index (χ4v) is 3.70. The summed E-state index contributed by atoms with van der Waals surface area (Å²) >= 11 is 4.82. The lowest BCUT2D eigenvalue weighted by Gasteiger charge is -2.08. The minimum Gasteiger partial charge on any atom is -0.411 e. The first-order chi connectivity index (χ1) is 12.6. The molecule has 0 bridgehead atoms. The van der Waals surface area contributed by atoms with Gasteiger partial charge in [-0.05, 0) is 47.1 Å². The van der Waals surface area contributed by atoms with E-state index in [2.05, 4.69) is 36.1 Å². The quantitative estimate of drug-likeness (QED) is 0.478. The third kappa shape index (κ3) is 3.30. The summed E-state index contributed by atoms with van der Waals surface area (Å²) in [6, 6.07) is 14.9. The molecule has 4 aromatic rings. The molecular weight excluding hydrogens is 416 g/mol. The van der Waals surface area contributed by atoms with Crippen LogP contribution in [0.5, 0.6) is 0 Å². The second-order valence-electron chi connectivity index (χ2n) is 5.58. The Hall–Kier alpha value is -2.45. The molecule has 26 heavy (non-hydrogen) atoms. The molecule has 0 fully saturated rings. The van der Waals surface area contributed by atoms with Crippen molar-refractivity contribution in [2.75, 3.05) is 0 Å². The van der Waals surface area contributed by atoms with Gasteiger partial charge in [0.25, 0.3) is 10.8 Å². The number of fused-ring (bicyclic) bond motifs is 1. The molecule has 0 radical (unpaired) electrons. The van der Waals surface area contributed by atoms with Crippen molar-refractivity contribution in [3.8, 4) is 11.5 Å². The molecular formula is C18H13BrN4O2S. The largest absolute Gasteiger partial charge is 0.411 e. The highest BCUT2D eigenvalue weighted by Gasteiger charge is 2.17. The lowest BCUT2D eigenvalue weighted by atomic mass is 10.2. The Morgan fingerprint density at radius 2 is 1.88 bits per heavy atom. The SMILES string of the molecule is CC(Sc1nnc(-c2ccccc2Br)o1)c1nc2ccccc2c(=O)[nH]1. The highest BCUT2D eigenvalue weighted by molar-refractivity contribution is 9.10. The first-order valence-corrected chi connectivity index (χ1v) is 9.53. The number of hydrogen-bond donors (Lipinski definition) is 1. The fourth-order valence-electron chi connectivity index (χ4n) is 2.50. The maximum absolute atomic E-state index is 12.2. The number of hydrogen-bond acceptors (Lipinski definition) is 6. The highest BCUT2D eigenvalue weighted by Crippen LogP contribution is 2.35. The maximum Gasteiger partial charge on any atom is 0.277 e. The monoisotopic (exact) mass is 428 g/mol. The van der Waals surface area contributed by atoms with Gasteiger partial charge < -0.3 is 9.40 Å². The Morgan fingerprint density at radius 3 is 2.73 bits per heavy atom. The van der Waals surface area contributed by atoms with Crippen LogP contribution in [-0.4, -0.2) is 20.2 Å². The number of para-hydroxylation sites is 1. The third-order valence-corrected chi connectivity index (χ3v) is 5.44. The van der Waals surface area contributed by atoms with Crippen LogP contribution in [0.3, 0.4) is 0 Å². The normalized spacial score (nSPS) is 12.4. The van der Waals surface area contributed by atoms with Gasteiger partial charge in [0.15, 0.2) is 0 Å². The van der Waals surface area contributed by atoms with Crippen LogP contribution in [0.15, 0.2) is 67.4 Å². The van der Waals surface area contributed by atoms with E-state index in [9.17, 15) is 4.79 Å². The molecule has 130 valence electrons. The number of aromatic amines is 1. The van der Waals surface area contributed by atoms with Gasteiger partial charge in [-0.2, -0.15) is 0 Å². The summed E-state index contributed by atoms with van der Waals surface area (Å²) in [7, 11) is 0. The standard InChI is InChI=1S/C18H13BrN4O2S/c1-10(15-20-14-9-5-3-7-12(14)16(24)21-15)26-18-23-22-17(25-18)11-6-2-4-8-13(11)19/h2-10H,1H3,(H,20,21,24). The Bertz CT molecular complexity index is 1140. The summed E-state index contributed by atoms with van der Waals surface area (Å²) in [5, 5.41) is 9.03. The van der Waals surface area contributed by atoms with E-state index in [1.165, 1.54) is 11.8 Å². The van der Waals surface area contributed by atoms with Crippen molar-refractivity contribution < 1.29 is 4.42 Å². The molecule has 8 heteroatoms. The molecule has 1 unspecified atom stereocenters. The van der Waals surface area contributed by atoms with Gasteiger partial charge in [-0.1, -0.05) is 36.0 Å². The molecule has 0 aliphatic heterocycles. The molecule has 0 aliphatic carbocycles. The lowest BCUT2D eigenvalue weighted by molar-refractivity contribution is 0.464. The van der Waals surface area contributed by atoms with Gasteiger partial charge in [-0.3, -0.25) is 4.79 Å². The average Bonchev–Trinajstić information content (AvgIpc) is 3.10. The van der Waals surface area contributed by atoms with Gasteiger partial charge in [0, 0.05) is 4.47 Å². The van der Waals surface area contributed by atoms with Crippen LogP contribution in [0.2, 0.25) is 0 Å². The summed E-state index contributed by atoms with van der Waals surface area (Å²) in [4.78, 5) is 19.6. The summed E-state index contributed by atoms with van der Waals surface area (Å²) in [6.45, 7) is 1.93. The van der Waals surface area contributed by atoms with Gasteiger partial charge in [0.2, 0.25) is 5.89 Å². The van der Waals surface area contributed by atoms with Crippen molar-refractivity contribution >= 4 is 38.6 Å². The van der Waals surface area contributed by atoms with Gasteiger partial charge in [-0.15, -0.1) is 10.2 Å². The summed E-state index contributed by atoms with van der Waals surface area (Å²) < 4.78 is 6.63. The third-order valence-electron chi connectivity index (χ3n) is 3.80. The smallest absolute Gasteiger partial charge is 0.277 e. The molecule has 2 heterocycles. The number of nitrogens with zero attached hydrogens (tertiary/aromatic N) is 3. The Balaban J connectivity index is 1.60. The van der Waals surface area contributed by atoms with E-state index in [-0.39, 0.29) is 10.8 Å². The fraction of sp³-hybridized carbons (Fsp3) is 0.111. The molecule has 2 aromatic heterocycles. The number of halogens is 1. The van der Waals surface area contributed by atoms with Crippen LogP contribution in [-0.2, 0) is 0 Å². The molecule has 0 saturated heterocycles. The molecule has 0 amide bonds. The molecule has 0 aliphatic rings. The second kappa shape index (κ2) is 7.05. The predicted octanol–water partition coefficient (Wildman–Crippen LogP) is 4.59. The Morgan fingerprint density at radius 1 is 1.12 bits per heavy atom. The van der Waals surface area contributed by atoms with Crippen molar-refractivity contribution in [1.29, 1.82) is 0 Å². The average molecular weight is 429 g/mol. The van der Waals surface area contributed by atoms with Crippen LogP contribution >= 0.6 is 27.7 Å². The maximum atomic E-state index is 12.2.